The zero-order chi connectivity index (χ0) is 15.7. The van der Waals surface area contributed by atoms with Crippen molar-refractivity contribution in [3.05, 3.63) is 68.3 Å². The van der Waals surface area contributed by atoms with E-state index in [0.29, 0.717) is 27.6 Å². The average Bonchev–Trinajstić information content (AvgIpc) is 2.51. The van der Waals surface area contributed by atoms with E-state index in [1.807, 2.05) is 0 Å². The minimum atomic E-state index is -0.435. The van der Waals surface area contributed by atoms with Crippen molar-refractivity contribution in [1.82, 2.24) is 0 Å². The Kier molecular flexibility index (Phi) is 3.88. The monoisotopic (exact) mass is 333 g/mol. The standard InChI is InChI=1S/C16H9Cl2NO3/c17-9-1-4-11(5-2-9)19-16-13(8-20)15(21)12-7-10(18)3-6-14(12)22-16/h1-8,19H. The molecule has 0 bridgehead atoms. The molecular weight excluding hydrogens is 325 g/mol. The lowest BCUT2D eigenvalue weighted by molar-refractivity contribution is 0.112. The Hall–Kier alpha value is -2.30. The molecule has 0 atom stereocenters. The normalized spacial score (nSPS) is 10.6. The largest absolute Gasteiger partial charge is 0.439 e. The lowest BCUT2D eigenvalue weighted by Gasteiger charge is -2.09. The van der Waals surface area contributed by atoms with Gasteiger partial charge in [0.1, 0.15) is 11.1 Å². The van der Waals surface area contributed by atoms with Crippen molar-refractivity contribution in [1.29, 1.82) is 0 Å². The van der Waals surface area contributed by atoms with Crippen LogP contribution in [0.3, 0.4) is 0 Å². The summed E-state index contributed by atoms with van der Waals surface area (Å²) >= 11 is 11.7. The number of benzene rings is 2. The van der Waals surface area contributed by atoms with Crippen LogP contribution in [0.2, 0.25) is 10.0 Å². The van der Waals surface area contributed by atoms with Crippen LogP contribution in [0.5, 0.6) is 0 Å². The number of carbonyl (C=O) groups excluding carboxylic acids is 1. The van der Waals surface area contributed by atoms with Gasteiger partial charge in [0.15, 0.2) is 6.29 Å². The van der Waals surface area contributed by atoms with E-state index >= 15 is 0 Å². The highest BCUT2D eigenvalue weighted by molar-refractivity contribution is 6.31. The highest BCUT2D eigenvalue weighted by Gasteiger charge is 2.14. The van der Waals surface area contributed by atoms with Gasteiger partial charge >= 0.3 is 0 Å². The van der Waals surface area contributed by atoms with Crippen LogP contribution in [0.15, 0.2) is 51.7 Å². The van der Waals surface area contributed by atoms with E-state index in [0.717, 1.165) is 0 Å². The van der Waals surface area contributed by atoms with Crippen molar-refractivity contribution in [3.8, 4) is 0 Å². The second-order valence-corrected chi connectivity index (χ2v) is 5.44. The maximum absolute atomic E-state index is 12.4. The molecule has 1 aromatic heterocycles. The van der Waals surface area contributed by atoms with Gasteiger partial charge in [-0.3, -0.25) is 9.59 Å². The smallest absolute Gasteiger partial charge is 0.212 e. The van der Waals surface area contributed by atoms with Gasteiger partial charge in [-0.05, 0) is 42.5 Å². The molecule has 110 valence electrons. The third-order valence-electron chi connectivity index (χ3n) is 3.11. The molecule has 0 saturated carbocycles. The Bertz CT molecular complexity index is 917. The summed E-state index contributed by atoms with van der Waals surface area (Å²) in [4.78, 5) is 23.6. The van der Waals surface area contributed by atoms with Crippen molar-refractivity contribution in [2.45, 2.75) is 0 Å². The van der Waals surface area contributed by atoms with Crippen molar-refractivity contribution in [3.63, 3.8) is 0 Å². The molecule has 0 radical (unpaired) electrons. The van der Waals surface area contributed by atoms with E-state index in [2.05, 4.69) is 5.32 Å². The zero-order valence-corrected chi connectivity index (χ0v) is 12.6. The third kappa shape index (κ3) is 2.71. The Labute approximate surface area is 135 Å². The Balaban J connectivity index is 2.16. The van der Waals surface area contributed by atoms with Gasteiger partial charge in [0.25, 0.3) is 0 Å². The van der Waals surface area contributed by atoms with Crippen LogP contribution in [0.4, 0.5) is 11.6 Å². The summed E-state index contributed by atoms with van der Waals surface area (Å²) in [5.41, 5.74) is 0.459. The van der Waals surface area contributed by atoms with Gasteiger partial charge in [0, 0.05) is 15.7 Å². The molecule has 0 spiro atoms. The van der Waals surface area contributed by atoms with Gasteiger partial charge in [0.2, 0.25) is 11.3 Å². The fourth-order valence-electron chi connectivity index (χ4n) is 2.05. The van der Waals surface area contributed by atoms with Crippen LogP contribution in [-0.2, 0) is 0 Å². The van der Waals surface area contributed by atoms with E-state index in [1.54, 1.807) is 36.4 Å². The number of aldehydes is 1. The predicted octanol–water partition coefficient (Wildman–Crippen LogP) is 4.66. The molecule has 22 heavy (non-hydrogen) atoms. The van der Waals surface area contributed by atoms with Crippen LogP contribution < -0.4 is 10.7 Å². The first-order valence-electron chi connectivity index (χ1n) is 6.32. The number of anilines is 2. The maximum atomic E-state index is 12.4. The number of nitrogens with one attached hydrogen (secondary N) is 1. The molecular formula is C16H9Cl2NO3. The SMILES string of the molecule is O=Cc1c(Nc2ccc(Cl)cc2)oc2ccc(Cl)cc2c1=O. The molecule has 1 N–H and O–H groups in total. The summed E-state index contributed by atoms with van der Waals surface area (Å²) in [5, 5.41) is 4.15. The van der Waals surface area contributed by atoms with Gasteiger partial charge in [0.05, 0.1) is 5.39 Å². The summed E-state index contributed by atoms with van der Waals surface area (Å²) < 4.78 is 5.62. The average molecular weight is 334 g/mol. The number of fused-ring (bicyclic) bond motifs is 1. The first-order valence-corrected chi connectivity index (χ1v) is 7.08. The summed E-state index contributed by atoms with van der Waals surface area (Å²) in [6.07, 6.45) is 0.463. The van der Waals surface area contributed by atoms with Gasteiger partial charge in [-0.15, -0.1) is 0 Å². The number of hydrogen-bond donors (Lipinski definition) is 1. The van der Waals surface area contributed by atoms with Crippen molar-refractivity contribution in [2.75, 3.05) is 5.32 Å². The lowest BCUT2D eigenvalue weighted by atomic mass is 10.1. The van der Waals surface area contributed by atoms with Crippen LogP contribution >= 0.6 is 23.2 Å². The highest BCUT2D eigenvalue weighted by atomic mass is 35.5. The van der Waals surface area contributed by atoms with Crippen LogP contribution in [-0.4, -0.2) is 6.29 Å². The molecule has 2 aromatic carbocycles. The van der Waals surface area contributed by atoms with E-state index in [-0.39, 0.29) is 16.8 Å². The Morgan fingerprint density at radius 2 is 1.68 bits per heavy atom. The van der Waals surface area contributed by atoms with Gasteiger partial charge in [-0.1, -0.05) is 23.2 Å². The van der Waals surface area contributed by atoms with Crippen molar-refractivity contribution in [2.24, 2.45) is 0 Å². The van der Waals surface area contributed by atoms with Crippen LogP contribution in [0.25, 0.3) is 11.0 Å². The molecule has 3 rings (SSSR count). The van der Waals surface area contributed by atoms with Crippen LogP contribution in [0, 0.1) is 0 Å². The topological polar surface area (TPSA) is 59.3 Å². The molecule has 0 amide bonds. The summed E-state index contributed by atoms with van der Waals surface area (Å²) in [6, 6.07) is 11.5. The lowest BCUT2D eigenvalue weighted by Crippen LogP contribution is -2.11. The summed E-state index contributed by atoms with van der Waals surface area (Å²) in [6.45, 7) is 0. The summed E-state index contributed by atoms with van der Waals surface area (Å²) in [5.74, 6) is 0.0807. The van der Waals surface area contributed by atoms with E-state index < -0.39 is 5.43 Å². The van der Waals surface area contributed by atoms with E-state index in [4.69, 9.17) is 27.6 Å². The minimum absolute atomic E-state index is 0.0807. The van der Waals surface area contributed by atoms with E-state index in [1.165, 1.54) is 6.07 Å². The Morgan fingerprint density at radius 3 is 2.36 bits per heavy atom. The molecule has 0 fully saturated rings. The summed E-state index contributed by atoms with van der Waals surface area (Å²) in [7, 11) is 0. The minimum Gasteiger partial charge on any atom is -0.439 e. The molecule has 3 aromatic rings. The zero-order valence-electron chi connectivity index (χ0n) is 11.1. The number of carbonyl (C=O) groups is 1. The fraction of sp³-hybridized carbons (Fsp3) is 0. The van der Waals surface area contributed by atoms with Crippen molar-refractivity contribution >= 4 is 52.0 Å². The van der Waals surface area contributed by atoms with Gasteiger partial charge in [-0.2, -0.15) is 0 Å². The van der Waals surface area contributed by atoms with Crippen molar-refractivity contribution < 1.29 is 9.21 Å². The molecule has 0 unspecified atom stereocenters. The third-order valence-corrected chi connectivity index (χ3v) is 3.59. The number of rotatable bonds is 3. The molecule has 6 heteroatoms. The van der Waals surface area contributed by atoms with Crippen LogP contribution in [0.1, 0.15) is 10.4 Å². The predicted molar refractivity (Wildman–Crippen MR) is 87.6 cm³/mol. The maximum Gasteiger partial charge on any atom is 0.212 e. The molecule has 0 aliphatic carbocycles. The molecule has 0 aliphatic rings. The molecule has 0 aliphatic heterocycles. The highest BCUT2D eigenvalue weighted by Crippen LogP contribution is 2.25. The molecule has 4 nitrogen and oxygen atoms in total. The van der Waals surface area contributed by atoms with Gasteiger partial charge in [-0.25, -0.2) is 0 Å². The number of halogens is 2. The molecule has 0 saturated heterocycles. The number of hydrogen-bond acceptors (Lipinski definition) is 4. The first kappa shape index (κ1) is 14.6. The first-order chi connectivity index (χ1) is 10.6. The van der Waals surface area contributed by atoms with Gasteiger partial charge < -0.3 is 9.73 Å². The molecule has 1 heterocycles. The second kappa shape index (κ2) is 5.83. The Morgan fingerprint density at radius 1 is 1.00 bits per heavy atom. The van der Waals surface area contributed by atoms with E-state index in [9.17, 15) is 9.59 Å². The quantitative estimate of drug-likeness (QED) is 0.708. The fourth-order valence-corrected chi connectivity index (χ4v) is 2.34. The second-order valence-electron chi connectivity index (χ2n) is 4.56.